The van der Waals surface area contributed by atoms with E-state index in [9.17, 15) is 0 Å². The second kappa shape index (κ2) is 11.9. The van der Waals surface area contributed by atoms with E-state index in [0.717, 1.165) is 32.5 Å². The third-order valence-electron chi connectivity index (χ3n) is 1.98. The summed E-state index contributed by atoms with van der Waals surface area (Å²) in [6, 6.07) is 0. The molecule has 0 heterocycles. The van der Waals surface area contributed by atoms with Gasteiger partial charge in [-0.2, -0.15) is 0 Å². The van der Waals surface area contributed by atoms with Crippen LogP contribution in [0.1, 0.15) is 19.8 Å². The topological polar surface area (TPSA) is 79.5 Å². The lowest BCUT2D eigenvalue weighted by Gasteiger charge is -2.17. The van der Waals surface area contributed by atoms with Crippen LogP contribution < -0.4 is 16.4 Å². The van der Waals surface area contributed by atoms with E-state index in [1.54, 1.807) is 0 Å². The van der Waals surface area contributed by atoms with Crippen molar-refractivity contribution in [1.29, 1.82) is 0 Å². The van der Waals surface area contributed by atoms with Crippen molar-refractivity contribution in [3.63, 3.8) is 0 Å². The molecule has 1 unspecified atom stereocenters. The zero-order valence-corrected chi connectivity index (χ0v) is 9.67. The number of aliphatic hydroxyl groups excluding tert-OH is 1. The highest BCUT2D eigenvalue weighted by Gasteiger charge is 2.04. The number of unbranched alkanes of at least 4 members (excludes halogenated alkanes) is 1. The number of hydrogen-bond donors (Lipinski definition) is 4. The van der Waals surface area contributed by atoms with E-state index in [1.807, 2.05) is 0 Å². The minimum Gasteiger partial charge on any atom is -0.392 e. The molecule has 0 bridgehead atoms. The average molecular weight is 219 g/mol. The molecule has 0 spiro atoms. The Morgan fingerprint density at radius 1 is 1.33 bits per heavy atom. The lowest BCUT2D eigenvalue weighted by atomic mass is 10.4. The fourth-order valence-electron chi connectivity index (χ4n) is 1.09. The first kappa shape index (κ1) is 14.8. The molecule has 1 atom stereocenters. The largest absolute Gasteiger partial charge is 0.392 e. The van der Waals surface area contributed by atoms with Gasteiger partial charge in [0.15, 0.2) is 0 Å². The molecule has 0 aromatic heterocycles. The zero-order chi connectivity index (χ0) is 11.4. The summed E-state index contributed by atoms with van der Waals surface area (Å²) in [5, 5.41) is 15.3. The van der Waals surface area contributed by atoms with Gasteiger partial charge < -0.3 is 20.9 Å². The molecule has 0 aromatic carbocycles. The van der Waals surface area contributed by atoms with Gasteiger partial charge in [-0.15, -0.1) is 0 Å². The Morgan fingerprint density at radius 2 is 2.13 bits per heavy atom. The Balaban J connectivity index is 3.28. The van der Waals surface area contributed by atoms with Gasteiger partial charge in [0.05, 0.1) is 6.61 Å². The smallest absolute Gasteiger partial charge is 0.131 e. The van der Waals surface area contributed by atoms with Gasteiger partial charge in [-0.3, -0.25) is 5.32 Å². The van der Waals surface area contributed by atoms with Crippen LogP contribution in [-0.2, 0) is 4.74 Å². The van der Waals surface area contributed by atoms with Crippen LogP contribution in [0.5, 0.6) is 0 Å². The minimum absolute atomic E-state index is 0.0145. The zero-order valence-electron chi connectivity index (χ0n) is 9.67. The van der Waals surface area contributed by atoms with E-state index < -0.39 is 0 Å². The third-order valence-corrected chi connectivity index (χ3v) is 1.98. The summed E-state index contributed by atoms with van der Waals surface area (Å²) in [5.74, 6) is 0. The molecule has 0 radical (unpaired) electrons. The molecule has 0 amide bonds. The summed E-state index contributed by atoms with van der Waals surface area (Å²) in [6.45, 7) is 5.91. The number of nitrogens with one attached hydrogen (secondary N) is 2. The SMILES string of the molecule is CCCCOC(CO)NCCNCCN. The van der Waals surface area contributed by atoms with Crippen molar-refractivity contribution >= 4 is 0 Å². The standard InChI is InChI=1S/C10H25N3O2/c1-2-3-8-15-10(9-14)13-7-6-12-5-4-11/h10,12-14H,2-9,11H2,1H3. The van der Waals surface area contributed by atoms with Crippen LogP contribution in [0, 0.1) is 0 Å². The second-order valence-corrected chi connectivity index (χ2v) is 3.39. The summed E-state index contributed by atoms with van der Waals surface area (Å²) in [6.07, 6.45) is 1.90. The fraction of sp³-hybridized carbons (Fsp3) is 1.00. The number of aliphatic hydroxyl groups is 1. The van der Waals surface area contributed by atoms with Crippen LogP contribution in [-0.4, -0.2) is 50.7 Å². The van der Waals surface area contributed by atoms with Crippen LogP contribution in [0.2, 0.25) is 0 Å². The molecule has 0 saturated heterocycles. The molecule has 0 aromatic rings. The maximum absolute atomic E-state index is 9.00. The van der Waals surface area contributed by atoms with Gasteiger partial charge in [-0.1, -0.05) is 13.3 Å². The highest BCUT2D eigenvalue weighted by atomic mass is 16.5. The van der Waals surface area contributed by atoms with E-state index in [4.69, 9.17) is 15.6 Å². The summed E-state index contributed by atoms with van der Waals surface area (Å²) in [5.41, 5.74) is 5.33. The Bertz CT molecular complexity index is 125. The Labute approximate surface area is 92.4 Å². The van der Waals surface area contributed by atoms with Gasteiger partial charge in [-0.25, -0.2) is 0 Å². The van der Waals surface area contributed by atoms with Gasteiger partial charge in [-0.05, 0) is 6.42 Å². The molecule has 0 aliphatic heterocycles. The fourth-order valence-corrected chi connectivity index (χ4v) is 1.09. The van der Waals surface area contributed by atoms with Crippen LogP contribution >= 0.6 is 0 Å². The number of hydrogen-bond acceptors (Lipinski definition) is 5. The molecular formula is C10H25N3O2. The van der Waals surface area contributed by atoms with Crippen molar-refractivity contribution < 1.29 is 9.84 Å². The lowest BCUT2D eigenvalue weighted by molar-refractivity contribution is -0.00860. The van der Waals surface area contributed by atoms with Crippen molar-refractivity contribution in [2.75, 3.05) is 39.4 Å². The van der Waals surface area contributed by atoms with E-state index in [2.05, 4.69) is 17.6 Å². The van der Waals surface area contributed by atoms with Gasteiger partial charge in [0, 0.05) is 32.8 Å². The maximum atomic E-state index is 9.00. The van der Waals surface area contributed by atoms with Crippen LogP contribution in [0.15, 0.2) is 0 Å². The highest BCUT2D eigenvalue weighted by Crippen LogP contribution is 1.91. The van der Waals surface area contributed by atoms with Crippen molar-refractivity contribution in [1.82, 2.24) is 10.6 Å². The van der Waals surface area contributed by atoms with Crippen molar-refractivity contribution in [2.45, 2.75) is 26.0 Å². The van der Waals surface area contributed by atoms with Crippen LogP contribution in [0.4, 0.5) is 0 Å². The number of rotatable bonds is 11. The predicted octanol–water partition coefficient (Wildman–Crippen LogP) is -0.741. The first-order chi connectivity index (χ1) is 7.35. The first-order valence-electron chi connectivity index (χ1n) is 5.71. The van der Waals surface area contributed by atoms with Crippen molar-refractivity contribution in [3.05, 3.63) is 0 Å². The van der Waals surface area contributed by atoms with E-state index in [1.165, 1.54) is 0 Å². The summed E-state index contributed by atoms with van der Waals surface area (Å²) >= 11 is 0. The Kier molecular flexibility index (Phi) is 11.7. The molecule has 0 aliphatic carbocycles. The van der Waals surface area contributed by atoms with E-state index in [-0.39, 0.29) is 12.8 Å². The number of ether oxygens (including phenoxy) is 1. The number of nitrogens with two attached hydrogens (primary N) is 1. The predicted molar refractivity (Wildman–Crippen MR) is 61.7 cm³/mol. The molecule has 5 nitrogen and oxygen atoms in total. The normalized spacial score (nSPS) is 13.0. The molecule has 15 heavy (non-hydrogen) atoms. The Hall–Kier alpha value is -0.200. The van der Waals surface area contributed by atoms with Crippen molar-refractivity contribution in [3.8, 4) is 0 Å². The molecule has 92 valence electrons. The maximum Gasteiger partial charge on any atom is 0.131 e. The molecule has 5 N–H and O–H groups in total. The van der Waals surface area contributed by atoms with E-state index >= 15 is 0 Å². The van der Waals surface area contributed by atoms with Gasteiger partial charge >= 0.3 is 0 Å². The van der Waals surface area contributed by atoms with Gasteiger partial charge in [0.25, 0.3) is 0 Å². The molecule has 0 rings (SSSR count). The van der Waals surface area contributed by atoms with Gasteiger partial charge in [0.2, 0.25) is 0 Å². The molecule has 0 fully saturated rings. The monoisotopic (exact) mass is 219 g/mol. The van der Waals surface area contributed by atoms with Crippen LogP contribution in [0.25, 0.3) is 0 Å². The first-order valence-corrected chi connectivity index (χ1v) is 5.71. The van der Waals surface area contributed by atoms with Gasteiger partial charge in [0.1, 0.15) is 6.23 Å². The van der Waals surface area contributed by atoms with E-state index in [0.29, 0.717) is 13.2 Å². The average Bonchev–Trinajstić information content (AvgIpc) is 2.26. The molecule has 0 saturated carbocycles. The highest BCUT2D eigenvalue weighted by molar-refractivity contribution is 4.56. The Morgan fingerprint density at radius 3 is 2.73 bits per heavy atom. The summed E-state index contributed by atoms with van der Waals surface area (Å²) in [7, 11) is 0. The summed E-state index contributed by atoms with van der Waals surface area (Å²) < 4.78 is 5.42. The molecular weight excluding hydrogens is 194 g/mol. The molecule has 5 heteroatoms. The quantitative estimate of drug-likeness (QED) is 0.272. The summed E-state index contributed by atoms with van der Waals surface area (Å²) in [4.78, 5) is 0. The lowest BCUT2D eigenvalue weighted by Crippen LogP contribution is -2.40. The van der Waals surface area contributed by atoms with Crippen molar-refractivity contribution in [2.24, 2.45) is 5.73 Å². The second-order valence-electron chi connectivity index (χ2n) is 3.39. The third kappa shape index (κ3) is 10.1. The minimum atomic E-state index is -0.240. The van der Waals surface area contributed by atoms with Crippen LogP contribution in [0.3, 0.4) is 0 Å². The molecule has 0 aliphatic rings.